The smallest absolute Gasteiger partial charge is 0.253 e. The van der Waals surface area contributed by atoms with Crippen LogP contribution in [0, 0.1) is 11.3 Å². The van der Waals surface area contributed by atoms with Crippen LogP contribution in [0.2, 0.25) is 0 Å². The van der Waals surface area contributed by atoms with Gasteiger partial charge in [-0.05, 0) is 32.0 Å². The molecule has 5 nitrogen and oxygen atoms in total. The molecule has 4 rings (SSSR count). The van der Waals surface area contributed by atoms with Gasteiger partial charge in [0.05, 0.1) is 33.6 Å². The van der Waals surface area contributed by atoms with E-state index in [-0.39, 0.29) is 5.91 Å². The summed E-state index contributed by atoms with van der Waals surface area (Å²) < 4.78 is 0. The third-order valence-electron chi connectivity index (χ3n) is 4.27. The zero-order chi connectivity index (χ0) is 16.2. The van der Waals surface area contributed by atoms with Crippen LogP contribution in [-0.2, 0) is 5.54 Å². The summed E-state index contributed by atoms with van der Waals surface area (Å²) >= 11 is 0. The number of fused-ring (bicyclic) bond motifs is 2. The number of benzene rings is 1. The second-order valence-electron chi connectivity index (χ2n) is 6.21. The maximum absolute atomic E-state index is 12.0. The summed E-state index contributed by atoms with van der Waals surface area (Å²) in [5.41, 5.74) is 4.02. The number of pyridine rings is 1. The van der Waals surface area contributed by atoms with E-state index in [2.05, 4.69) is 16.4 Å². The molecular formula is C18H14N4O. The van der Waals surface area contributed by atoms with E-state index in [4.69, 9.17) is 4.98 Å². The van der Waals surface area contributed by atoms with Crippen molar-refractivity contribution < 1.29 is 4.79 Å². The zero-order valence-corrected chi connectivity index (χ0v) is 12.8. The van der Waals surface area contributed by atoms with E-state index in [1.54, 1.807) is 6.07 Å². The van der Waals surface area contributed by atoms with Gasteiger partial charge in [0.2, 0.25) is 0 Å². The molecule has 1 aliphatic heterocycles. The molecule has 1 aromatic carbocycles. The zero-order valence-electron chi connectivity index (χ0n) is 12.8. The number of nitrogens with zero attached hydrogens (tertiary/aromatic N) is 2. The van der Waals surface area contributed by atoms with Crippen LogP contribution in [0.15, 0.2) is 36.5 Å². The first kappa shape index (κ1) is 13.5. The average molecular weight is 302 g/mol. The molecule has 1 aliphatic rings. The Bertz CT molecular complexity index is 1010. The van der Waals surface area contributed by atoms with Gasteiger partial charge in [0, 0.05) is 17.1 Å². The largest absolute Gasteiger partial charge is 0.359 e. The lowest BCUT2D eigenvalue weighted by Gasteiger charge is -2.18. The number of carbonyl (C=O) groups is 1. The number of carbonyl (C=O) groups excluding carboxylic acids is 1. The van der Waals surface area contributed by atoms with Crippen molar-refractivity contribution in [2.45, 2.75) is 19.4 Å². The molecule has 0 saturated heterocycles. The molecule has 0 fully saturated rings. The SMILES string of the molecule is CC1(C)NC(=O)c2ccc(-c3c[nH]c4c(C#N)cccc34)nc21. The van der Waals surface area contributed by atoms with Gasteiger partial charge in [-0.25, -0.2) is 4.98 Å². The normalized spacial score (nSPS) is 15.3. The Morgan fingerprint density at radius 3 is 2.78 bits per heavy atom. The van der Waals surface area contributed by atoms with Crippen molar-refractivity contribution in [2.24, 2.45) is 0 Å². The summed E-state index contributed by atoms with van der Waals surface area (Å²) in [6.45, 7) is 3.88. The van der Waals surface area contributed by atoms with E-state index in [0.29, 0.717) is 11.1 Å². The van der Waals surface area contributed by atoms with Crippen LogP contribution in [0.25, 0.3) is 22.2 Å². The molecule has 2 aromatic heterocycles. The van der Waals surface area contributed by atoms with Crippen molar-refractivity contribution in [1.82, 2.24) is 15.3 Å². The molecule has 0 bridgehead atoms. The molecule has 0 atom stereocenters. The molecule has 5 heteroatoms. The van der Waals surface area contributed by atoms with Crippen LogP contribution in [0.1, 0.15) is 35.5 Å². The highest BCUT2D eigenvalue weighted by atomic mass is 16.2. The van der Waals surface area contributed by atoms with Gasteiger partial charge in [-0.1, -0.05) is 12.1 Å². The number of nitrogens with one attached hydrogen (secondary N) is 2. The van der Waals surface area contributed by atoms with Gasteiger partial charge in [-0.2, -0.15) is 5.26 Å². The van der Waals surface area contributed by atoms with E-state index < -0.39 is 5.54 Å². The molecule has 3 aromatic rings. The van der Waals surface area contributed by atoms with Gasteiger partial charge >= 0.3 is 0 Å². The summed E-state index contributed by atoms with van der Waals surface area (Å²) in [6.07, 6.45) is 1.86. The predicted molar refractivity (Wildman–Crippen MR) is 86.7 cm³/mol. The lowest BCUT2D eigenvalue weighted by atomic mass is 9.99. The second kappa shape index (κ2) is 4.43. The third-order valence-corrected chi connectivity index (χ3v) is 4.27. The summed E-state index contributed by atoms with van der Waals surface area (Å²) in [5, 5.41) is 13.1. The van der Waals surface area contributed by atoms with Crippen molar-refractivity contribution >= 4 is 16.8 Å². The van der Waals surface area contributed by atoms with Crippen LogP contribution < -0.4 is 5.32 Å². The number of hydrogen-bond acceptors (Lipinski definition) is 3. The van der Waals surface area contributed by atoms with Gasteiger partial charge < -0.3 is 10.3 Å². The maximum atomic E-state index is 12.0. The molecule has 3 heterocycles. The van der Waals surface area contributed by atoms with Gasteiger partial charge in [0.15, 0.2) is 0 Å². The van der Waals surface area contributed by atoms with Crippen molar-refractivity contribution in [2.75, 3.05) is 0 Å². The molecule has 1 amide bonds. The first-order valence-electron chi connectivity index (χ1n) is 7.36. The lowest BCUT2D eigenvalue weighted by Crippen LogP contribution is -2.33. The number of para-hydroxylation sites is 1. The minimum absolute atomic E-state index is 0.0882. The minimum atomic E-state index is -0.480. The monoisotopic (exact) mass is 302 g/mol. The number of amides is 1. The van der Waals surface area contributed by atoms with Gasteiger partial charge in [-0.3, -0.25) is 4.79 Å². The molecular weight excluding hydrogens is 288 g/mol. The van der Waals surface area contributed by atoms with E-state index in [0.717, 1.165) is 27.9 Å². The Labute approximate surface area is 133 Å². The summed E-state index contributed by atoms with van der Waals surface area (Å²) in [5.74, 6) is -0.0882. The highest BCUT2D eigenvalue weighted by Crippen LogP contribution is 2.34. The second-order valence-corrected chi connectivity index (χ2v) is 6.21. The van der Waals surface area contributed by atoms with Crippen LogP contribution in [0.5, 0.6) is 0 Å². The first-order chi connectivity index (χ1) is 11.0. The van der Waals surface area contributed by atoms with Crippen molar-refractivity contribution in [3.63, 3.8) is 0 Å². The average Bonchev–Trinajstić information content (AvgIpc) is 3.06. The topological polar surface area (TPSA) is 81.6 Å². The lowest BCUT2D eigenvalue weighted by molar-refractivity contribution is 0.0940. The van der Waals surface area contributed by atoms with Crippen molar-refractivity contribution in [3.05, 3.63) is 53.3 Å². The number of aromatic nitrogens is 2. The van der Waals surface area contributed by atoms with Gasteiger partial charge in [0.25, 0.3) is 5.91 Å². The van der Waals surface area contributed by atoms with Crippen molar-refractivity contribution in [1.29, 1.82) is 5.26 Å². The number of H-pyrrole nitrogens is 1. The van der Waals surface area contributed by atoms with E-state index in [1.807, 2.05) is 44.3 Å². The number of nitriles is 1. The Morgan fingerprint density at radius 2 is 2.00 bits per heavy atom. The molecule has 23 heavy (non-hydrogen) atoms. The fourth-order valence-corrected chi connectivity index (χ4v) is 3.14. The van der Waals surface area contributed by atoms with Crippen LogP contribution in [0.3, 0.4) is 0 Å². The number of rotatable bonds is 1. The van der Waals surface area contributed by atoms with Crippen LogP contribution >= 0.6 is 0 Å². The van der Waals surface area contributed by atoms with Gasteiger partial charge in [0.1, 0.15) is 6.07 Å². The molecule has 0 spiro atoms. The standard InChI is InChI=1S/C18H14N4O/c1-18(2)16-12(17(23)22-18)6-7-14(21-16)13-9-20-15-10(8-19)4-3-5-11(13)15/h3-7,9,20H,1-2H3,(H,22,23). The molecule has 0 radical (unpaired) electrons. The van der Waals surface area contributed by atoms with E-state index in [1.165, 1.54) is 0 Å². The maximum Gasteiger partial charge on any atom is 0.253 e. The molecule has 0 aliphatic carbocycles. The van der Waals surface area contributed by atoms with Crippen LogP contribution in [0.4, 0.5) is 0 Å². The highest BCUT2D eigenvalue weighted by molar-refractivity contribution is 6.01. The van der Waals surface area contributed by atoms with Crippen LogP contribution in [-0.4, -0.2) is 15.9 Å². The predicted octanol–water partition coefficient (Wildman–Crippen LogP) is 3.08. The van der Waals surface area contributed by atoms with E-state index >= 15 is 0 Å². The fourth-order valence-electron chi connectivity index (χ4n) is 3.14. The Hall–Kier alpha value is -3.13. The molecule has 2 N–H and O–H groups in total. The summed E-state index contributed by atoms with van der Waals surface area (Å²) in [7, 11) is 0. The summed E-state index contributed by atoms with van der Waals surface area (Å²) in [6, 6.07) is 11.5. The molecule has 0 unspecified atom stereocenters. The number of hydrogen-bond donors (Lipinski definition) is 2. The molecule has 0 saturated carbocycles. The minimum Gasteiger partial charge on any atom is -0.359 e. The highest BCUT2D eigenvalue weighted by Gasteiger charge is 2.36. The third kappa shape index (κ3) is 1.85. The number of aromatic amines is 1. The Morgan fingerprint density at radius 1 is 1.17 bits per heavy atom. The quantitative estimate of drug-likeness (QED) is 0.724. The Balaban J connectivity index is 1.94. The molecule has 112 valence electrons. The van der Waals surface area contributed by atoms with E-state index in [9.17, 15) is 10.1 Å². The Kier molecular flexibility index (Phi) is 2.61. The fraction of sp³-hybridized carbons (Fsp3) is 0.167. The van der Waals surface area contributed by atoms with Crippen molar-refractivity contribution in [3.8, 4) is 17.3 Å². The summed E-state index contributed by atoms with van der Waals surface area (Å²) in [4.78, 5) is 19.9. The first-order valence-corrected chi connectivity index (χ1v) is 7.36. The van der Waals surface area contributed by atoms with Gasteiger partial charge in [-0.15, -0.1) is 0 Å².